The maximum atomic E-state index is 13.6. The summed E-state index contributed by atoms with van der Waals surface area (Å²) in [5.41, 5.74) is 0.980. The minimum atomic E-state index is -0.246. The number of carbonyl (C=O) groups excluding carboxylic acids is 1. The Morgan fingerprint density at radius 2 is 2.00 bits per heavy atom. The van der Waals surface area contributed by atoms with Crippen molar-refractivity contribution in [3.63, 3.8) is 0 Å². The molecule has 2 rings (SSSR count). The van der Waals surface area contributed by atoms with Crippen LogP contribution in [0, 0.1) is 5.82 Å². The zero-order chi connectivity index (χ0) is 15.1. The third kappa shape index (κ3) is 6.83. The fourth-order valence-electron chi connectivity index (χ4n) is 1.83. The summed E-state index contributed by atoms with van der Waals surface area (Å²) in [5, 5.41) is 8.36. The molecule has 0 radical (unpaired) electrons. The Balaban J connectivity index is 0.00000242. The van der Waals surface area contributed by atoms with Gasteiger partial charge in [-0.15, -0.1) is 36.2 Å². The van der Waals surface area contributed by atoms with Crippen molar-refractivity contribution in [1.82, 2.24) is 15.6 Å². The molecule has 1 heterocycles. The Hall–Kier alpha value is -1.21. The molecule has 128 valence electrons. The van der Waals surface area contributed by atoms with Gasteiger partial charge < -0.3 is 10.6 Å². The maximum Gasteiger partial charge on any atom is 0.270 e. The lowest BCUT2D eigenvalue weighted by molar-refractivity contribution is 0.0949. The lowest BCUT2D eigenvalue weighted by Gasteiger charge is -2.03. The predicted molar refractivity (Wildman–Crippen MR) is 96.7 cm³/mol. The van der Waals surface area contributed by atoms with E-state index in [0.717, 1.165) is 18.1 Å². The summed E-state index contributed by atoms with van der Waals surface area (Å²) < 4.78 is 13.6. The molecule has 0 saturated carbocycles. The number of hydrogen-bond acceptors (Lipinski definition) is 4. The number of hydrogen-bond donors (Lipinski definition) is 2. The molecule has 2 N–H and O–H groups in total. The largest absolute Gasteiger partial charge is 0.349 e. The molecule has 0 bridgehead atoms. The van der Waals surface area contributed by atoms with E-state index >= 15 is 0 Å². The van der Waals surface area contributed by atoms with Gasteiger partial charge in [0.15, 0.2) is 0 Å². The van der Waals surface area contributed by atoms with Crippen molar-refractivity contribution in [2.45, 2.75) is 13.3 Å². The Bertz CT molecular complexity index is 610. The number of nitrogens with one attached hydrogen (secondary N) is 2. The first-order valence-electron chi connectivity index (χ1n) is 6.87. The highest BCUT2D eigenvalue weighted by Gasteiger charge is 2.11. The van der Waals surface area contributed by atoms with Gasteiger partial charge >= 0.3 is 0 Å². The minimum absolute atomic E-state index is 0. The van der Waals surface area contributed by atoms with E-state index in [0.29, 0.717) is 24.2 Å². The molecule has 1 aromatic carbocycles. The Kier molecular flexibility index (Phi) is 10.7. The zero-order valence-corrected chi connectivity index (χ0v) is 15.1. The molecule has 0 unspecified atom stereocenters. The van der Waals surface area contributed by atoms with Crippen molar-refractivity contribution in [3.05, 3.63) is 51.7 Å². The summed E-state index contributed by atoms with van der Waals surface area (Å²) in [4.78, 5) is 16.1. The van der Waals surface area contributed by atoms with Crippen LogP contribution in [-0.4, -0.2) is 30.5 Å². The van der Waals surface area contributed by atoms with Gasteiger partial charge in [0.1, 0.15) is 11.5 Å². The van der Waals surface area contributed by atoms with Crippen LogP contribution >= 0.6 is 36.2 Å². The van der Waals surface area contributed by atoms with Gasteiger partial charge in [0, 0.05) is 24.9 Å². The number of halogens is 3. The van der Waals surface area contributed by atoms with Gasteiger partial charge in [-0.05, 0) is 18.2 Å². The van der Waals surface area contributed by atoms with Crippen LogP contribution in [0.5, 0.6) is 0 Å². The van der Waals surface area contributed by atoms with E-state index in [1.165, 1.54) is 17.4 Å². The zero-order valence-electron chi connectivity index (χ0n) is 12.7. The normalized spacial score (nSPS) is 9.65. The van der Waals surface area contributed by atoms with Crippen molar-refractivity contribution in [3.8, 4) is 0 Å². The van der Waals surface area contributed by atoms with E-state index in [9.17, 15) is 9.18 Å². The van der Waals surface area contributed by atoms with Crippen LogP contribution in [0.25, 0.3) is 0 Å². The van der Waals surface area contributed by atoms with E-state index in [1.807, 2.05) is 6.92 Å². The van der Waals surface area contributed by atoms with Crippen LogP contribution in [0.15, 0.2) is 29.6 Å². The van der Waals surface area contributed by atoms with E-state index in [4.69, 9.17) is 0 Å². The molecule has 0 spiro atoms. The summed E-state index contributed by atoms with van der Waals surface area (Å²) in [6.45, 7) is 4.18. The first-order chi connectivity index (χ1) is 10.2. The molecule has 0 saturated heterocycles. The number of thiazole rings is 1. The van der Waals surface area contributed by atoms with E-state index in [1.54, 1.807) is 23.6 Å². The molecule has 2 aromatic rings. The Morgan fingerprint density at radius 3 is 2.70 bits per heavy atom. The number of benzene rings is 1. The van der Waals surface area contributed by atoms with Crippen LogP contribution < -0.4 is 10.6 Å². The monoisotopic (exact) mass is 379 g/mol. The number of carbonyl (C=O) groups is 1. The third-order valence-electron chi connectivity index (χ3n) is 2.92. The van der Waals surface area contributed by atoms with Gasteiger partial charge in [0.25, 0.3) is 5.91 Å². The molecular weight excluding hydrogens is 360 g/mol. The number of rotatable bonds is 7. The topological polar surface area (TPSA) is 54.0 Å². The van der Waals surface area contributed by atoms with Crippen LogP contribution in [0.3, 0.4) is 0 Å². The molecule has 0 fully saturated rings. The summed E-state index contributed by atoms with van der Waals surface area (Å²) >= 11 is 1.37. The molecule has 0 aliphatic rings. The summed E-state index contributed by atoms with van der Waals surface area (Å²) in [7, 11) is 0. The fourth-order valence-corrected chi connectivity index (χ4v) is 2.63. The lowest BCUT2D eigenvalue weighted by atomic mass is 10.1. The van der Waals surface area contributed by atoms with Crippen LogP contribution in [-0.2, 0) is 6.42 Å². The van der Waals surface area contributed by atoms with Crippen LogP contribution in [0.2, 0.25) is 0 Å². The van der Waals surface area contributed by atoms with Gasteiger partial charge in [0.2, 0.25) is 0 Å². The number of aromatic nitrogens is 1. The number of likely N-dealkylation sites (N-methyl/N-ethyl adjacent to an activating group) is 1. The van der Waals surface area contributed by atoms with Crippen LogP contribution in [0.1, 0.15) is 28.0 Å². The summed E-state index contributed by atoms with van der Waals surface area (Å²) in [6.07, 6.45) is 0.405. The highest BCUT2D eigenvalue weighted by molar-refractivity contribution is 7.09. The second kappa shape index (κ2) is 11.3. The maximum absolute atomic E-state index is 13.6. The number of amides is 1. The lowest BCUT2D eigenvalue weighted by Crippen LogP contribution is -2.31. The molecule has 1 amide bonds. The first-order valence-corrected chi connectivity index (χ1v) is 7.75. The minimum Gasteiger partial charge on any atom is -0.349 e. The second-order valence-corrected chi connectivity index (χ2v) is 5.45. The van der Waals surface area contributed by atoms with Gasteiger partial charge in [-0.25, -0.2) is 9.37 Å². The molecule has 23 heavy (non-hydrogen) atoms. The van der Waals surface area contributed by atoms with Crippen LogP contribution in [0.4, 0.5) is 4.39 Å². The molecule has 0 aliphatic carbocycles. The highest BCUT2D eigenvalue weighted by atomic mass is 35.5. The fraction of sp³-hybridized carbons (Fsp3) is 0.333. The molecule has 0 aliphatic heterocycles. The standard InChI is InChI=1S/C15H18FN3OS.2ClH/c1-2-17-7-8-18-15(20)13-10-21-14(19-13)9-11-5-3-4-6-12(11)16;;/h3-6,10,17H,2,7-9H2,1H3,(H,18,20);2*1H. The van der Waals surface area contributed by atoms with Gasteiger partial charge in [-0.2, -0.15) is 0 Å². The molecule has 8 heteroatoms. The average Bonchev–Trinajstić information content (AvgIpc) is 2.94. The van der Waals surface area contributed by atoms with Gasteiger partial charge in [-0.3, -0.25) is 4.79 Å². The molecule has 4 nitrogen and oxygen atoms in total. The Labute approximate surface area is 151 Å². The SMILES string of the molecule is CCNCCNC(=O)c1csc(Cc2ccccc2F)n1.Cl.Cl. The van der Waals surface area contributed by atoms with E-state index in [-0.39, 0.29) is 36.5 Å². The molecule has 0 atom stereocenters. The van der Waals surface area contributed by atoms with Gasteiger partial charge in [-0.1, -0.05) is 25.1 Å². The number of nitrogens with zero attached hydrogens (tertiary/aromatic N) is 1. The van der Waals surface area contributed by atoms with Crippen molar-refractivity contribution < 1.29 is 9.18 Å². The average molecular weight is 380 g/mol. The highest BCUT2D eigenvalue weighted by Crippen LogP contribution is 2.16. The second-order valence-electron chi connectivity index (χ2n) is 4.50. The third-order valence-corrected chi connectivity index (χ3v) is 3.77. The van der Waals surface area contributed by atoms with Crippen molar-refractivity contribution >= 4 is 42.1 Å². The van der Waals surface area contributed by atoms with E-state index in [2.05, 4.69) is 15.6 Å². The quantitative estimate of drug-likeness (QED) is 0.726. The summed E-state index contributed by atoms with van der Waals surface area (Å²) in [6, 6.07) is 6.61. The first kappa shape index (κ1) is 21.8. The Morgan fingerprint density at radius 1 is 1.26 bits per heavy atom. The predicted octanol–water partition coefficient (Wildman–Crippen LogP) is 3.06. The summed E-state index contributed by atoms with van der Waals surface area (Å²) in [5.74, 6) is -0.437. The van der Waals surface area contributed by atoms with Crippen molar-refractivity contribution in [2.24, 2.45) is 0 Å². The van der Waals surface area contributed by atoms with Crippen molar-refractivity contribution in [1.29, 1.82) is 0 Å². The molecular formula is C15H20Cl2FN3OS. The van der Waals surface area contributed by atoms with Crippen molar-refractivity contribution in [2.75, 3.05) is 19.6 Å². The molecule has 1 aromatic heterocycles. The van der Waals surface area contributed by atoms with E-state index < -0.39 is 0 Å². The van der Waals surface area contributed by atoms with Gasteiger partial charge in [0.05, 0.1) is 5.01 Å². The smallest absolute Gasteiger partial charge is 0.270 e.